The van der Waals surface area contributed by atoms with Crippen LogP contribution in [0.15, 0.2) is 54.3 Å². The van der Waals surface area contributed by atoms with E-state index in [9.17, 15) is 0 Å². The Morgan fingerprint density at radius 1 is 1.16 bits per heavy atom. The van der Waals surface area contributed by atoms with Gasteiger partial charge in [-0.15, -0.1) is 0 Å². The minimum absolute atomic E-state index is 0.522. The van der Waals surface area contributed by atoms with Crippen molar-refractivity contribution in [3.63, 3.8) is 0 Å². The molecule has 0 spiro atoms. The minimum Gasteiger partial charge on any atom is -0.378 e. The molecule has 0 aliphatic carbocycles. The van der Waals surface area contributed by atoms with Crippen molar-refractivity contribution in [2.75, 3.05) is 44.9 Å². The summed E-state index contributed by atoms with van der Waals surface area (Å²) in [5.41, 5.74) is 3.64. The van der Waals surface area contributed by atoms with Crippen molar-refractivity contribution in [1.29, 1.82) is 0 Å². The molecule has 0 bridgehead atoms. The van der Waals surface area contributed by atoms with Crippen LogP contribution in [0.2, 0.25) is 0 Å². The molecule has 1 atom stereocenters. The second-order valence-electron chi connectivity index (χ2n) is 6.50. The highest BCUT2D eigenvalue weighted by Gasteiger charge is 2.06. The summed E-state index contributed by atoms with van der Waals surface area (Å²) in [7, 11) is 6.27. The van der Waals surface area contributed by atoms with Gasteiger partial charge >= 0.3 is 0 Å². The molecule has 0 fully saturated rings. The summed E-state index contributed by atoms with van der Waals surface area (Å²) in [6, 6.07) is 9.09. The number of allylic oxidation sites excluding steroid dienone is 4. The Balaban J connectivity index is 2.46. The van der Waals surface area contributed by atoms with Crippen LogP contribution in [0.25, 0.3) is 6.08 Å². The maximum Gasteiger partial charge on any atom is 0.0931 e. The number of nitrogens with two attached hydrogens (primary N) is 1. The molecule has 1 unspecified atom stereocenters. The summed E-state index contributed by atoms with van der Waals surface area (Å²) >= 11 is 4.34. The Hall–Kier alpha value is -1.49. The number of quaternary nitrogens is 1. The van der Waals surface area contributed by atoms with Crippen molar-refractivity contribution in [2.24, 2.45) is 0 Å². The predicted molar refractivity (Wildman–Crippen MR) is 115 cm³/mol. The molecule has 0 amide bonds. The Morgan fingerprint density at radius 2 is 1.84 bits per heavy atom. The van der Waals surface area contributed by atoms with E-state index in [-0.39, 0.29) is 0 Å². The number of thiol groups is 1. The largest absolute Gasteiger partial charge is 0.378 e. The van der Waals surface area contributed by atoms with Gasteiger partial charge in [0.15, 0.2) is 0 Å². The topological polar surface area (TPSA) is 23.1 Å². The van der Waals surface area contributed by atoms with Gasteiger partial charge in [0.1, 0.15) is 0 Å². The fraction of sp³-hybridized carbons (Fsp3) is 0.429. The van der Waals surface area contributed by atoms with Crippen LogP contribution in [0.4, 0.5) is 5.69 Å². The molecule has 1 aromatic carbocycles. The average Bonchev–Trinajstić information content (AvgIpc) is 2.63. The summed E-state index contributed by atoms with van der Waals surface area (Å²) in [5.74, 6) is 0.898. The smallest absolute Gasteiger partial charge is 0.0931 e. The SMILES string of the molecule is C/C=C(\C=C/[NH2+]CCN(C)C(C)CS)/C=C/c1ccc(N(C)C)cc1. The van der Waals surface area contributed by atoms with Gasteiger partial charge in [0.2, 0.25) is 0 Å². The van der Waals surface area contributed by atoms with E-state index in [2.05, 4.69) is 118 Å². The fourth-order valence-corrected chi connectivity index (χ4v) is 2.52. The molecule has 0 radical (unpaired) electrons. The van der Waals surface area contributed by atoms with Crippen LogP contribution in [0.1, 0.15) is 19.4 Å². The summed E-state index contributed by atoms with van der Waals surface area (Å²) in [4.78, 5) is 4.45. The van der Waals surface area contributed by atoms with Crippen LogP contribution in [0.5, 0.6) is 0 Å². The molecule has 4 heteroatoms. The first kappa shape index (κ1) is 21.6. The minimum atomic E-state index is 0.522. The van der Waals surface area contributed by atoms with Gasteiger partial charge in [-0.2, -0.15) is 12.6 Å². The van der Waals surface area contributed by atoms with Gasteiger partial charge in [-0.25, -0.2) is 0 Å². The van der Waals surface area contributed by atoms with E-state index in [1.807, 2.05) is 0 Å². The quantitative estimate of drug-likeness (QED) is 0.381. The summed E-state index contributed by atoms with van der Waals surface area (Å²) in [6.45, 7) is 6.39. The van der Waals surface area contributed by atoms with Crippen LogP contribution in [0.3, 0.4) is 0 Å². The molecule has 0 heterocycles. The van der Waals surface area contributed by atoms with Gasteiger partial charge in [0, 0.05) is 38.1 Å². The maximum atomic E-state index is 4.34. The van der Waals surface area contributed by atoms with E-state index in [1.165, 1.54) is 16.8 Å². The molecule has 3 nitrogen and oxygen atoms in total. The van der Waals surface area contributed by atoms with Gasteiger partial charge in [0.25, 0.3) is 0 Å². The number of benzene rings is 1. The number of rotatable bonds is 10. The Bertz CT molecular complexity index is 573. The molecule has 1 rings (SSSR count). The monoisotopic (exact) mass is 360 g/mol. The van der Waals surface area contributed by atoms with Crippen molar-refractivity contribution in [3.05, 3.63) is 59.8 Å². The number of hydrogen-bond acceptors (Lipinski definition) is 3. The first-order chi connectivity index (χ1) is 12.0. The van der Waals surface area contributed by atoms with Gasteiger partial charge < -0.3 is 10.2 Å². The molecule has 0 aliphatic heterocycles. The third-order valence-corrected chi connectivity index (χ3v) is 4.83. The molecule has 1 aromatic rings. The van der Waals surface area contributed by atoms with Crippen LogP contribution in [0, 0.1) is 0 Å². The molecule has 0 aliphatic rings. The second-order valence-corrected chi connectivity index (χ2v) is 6.87. The van der Waals surface area contributed by atoms with Gasteiger partial charge in [0.05, 0.1) is 12.7 Å². The third kappa shape index (κ3) is 8.43. The molecule has 0 saturated carbocycles. The van der Waals surface area contributed by atoms with Crippen molar-refractivity contribution >= 4 is 24.4 Å². The standard InChI is InChI=1S/C21H33N3S/c1-6-19(13-14-22-15-16-24(5)18(2)17-25)7-8-20-9-11-21(12-10-20)23(3)4/h6-14,18,22,25H,15-17H2,1-5H3/p+1/b8-7+,14-13-,19-6-. The van der Waals surface area contributed by atoms with E-state index in [0.717, 1.165) is 18.8 Å². The van der Waals surface area contributed by atoms with Gasteiger partial charge in [-0.3, -0.25) is 4.90 Å². The zero-order valence-corrected chi connectivity index (χ0v) is 17.2. The van der Waals surface area contributed by atoms with Crippen molar-refractivity contribution in [1.82, 2.24) is 4.90 Å². The zero-order valence-electron chi connectivity index (χ0n) is 16.3. The number of nitrogens with zero attached hydrogens (tertiary/aromatic N) is 2. The highest BCUT2D eigenvalue weighted by atomic mass is 32.1. The fourth-order valence-electron chi connectivity index (χ4n) is 2.24. The van der Waals surface area contributed by atoms with Crippen molar-refractivity contribution < 1.29 is 5.32 Å². The van der Waals surface area contributed by atoms with E-state index >= 15 is 0 Å². The number of likely N-dealkylation sites (N-methyl/N-ethyl adjacent to an activating group) is 1. The maximum absolute atomic E-state index is 4.34. The van der Waals surface area contributed by atoms with Crippen LogP contribution < -0.4 is 10.2 Å². The lowest BCUT2D eigenvalue weighted by Crippen LogP contribution is -2.79. The van der Waals surface area contributed by atoms with E-state index in [1.54, 1.807) is 0 Å². The van der Waals surface area contributed by atoms with E-state index in [0.29, 0.717) is 6.04 Å². The molecule has 0 aromatic heterocycles. The van der Waals surface area contributed by atoms with Gasteiger partial charge in [-0.05, 0) is 50.2 Å². The second kappa shape index (κ2) is 12.0. The van der Waals surface area contributed by atoms with Gasteiger partial charge in [-0.1, -0.05) is 30.4 Å². The highest BCUT2D eigenvalue weighted by molar-refractivity contribution is 7.80. The third-order valence-electron chi connectivity index (χ3n) is 4.30. The first-order valence-electron chi connectivity index (χ1n) is 8.90. The predicted octanol–water partition coefficient (Wildman–Crippen LogP) is 3.04. The normalized spacial score (nSPS) is 14.0. The molecule has 0 saturated heterocycles. The summed E-state index contributed by atoms with van der Waals surface area (Å²) < 4.78 is 0. The van der Waals surface area contributed by atoms with Crippen LogP contribution >= 0.6 is 12.6 Å². The van der Waals surface area contributed by atoms with E-state index < -0.39 is 0 Å². The van der Waals surface area contributed by atoms with Crippen LogP contribution in [-0.2, 0) is 0 Å². The Labute approximate surface area is 159 Å². The molecule has 138 valence electrons. The Morgan fingerprint density at radius 3 is 2.40 bits per heavy atom. The summed E-state index contributed by atoms with van der Waals surface area (Å²) in [6.07, 6.45) is 10.7. The number of hydrogen-bond donors (Lipinski definition) is 2. The van der Waals surface area contributed by atoms with Crippen LogP contribution in [-0.4, -0.2) is 50.9 Å². The number of anilines is 1. The lowest BCUT2D eigenvalue weighted by atomic mass is 10.1. The van der Waals surface area contributed by atoms with Crippen molar-refractivity contribution in [2.45, 2.75) is 19.9 Å². The highest BCUT2D eigenvalue weighted by Crippen LogP contribution is 2.14. The average molecular weight is 361 g/mol. The lowest BCUT2D eigenvalue weighted by molar-refractivity contribution is -0.587. The lowest BCUT2D eigenvalue weighted by Gasteiger charge is -2.21. The molecule has 2 N–H and O–H groups in total. The molecular formula is C21H34N3S+. The van der Waals surface area contributed by atoms with E-state index in [4.69, 9.17) is 0 Å². The summed E-state index contributed by atoms with van der Waals surface area (Å²) in [5, 5.41) is 2.23. The molecule has 25 heavy (non-hydrogen) atoms. The zero-order chi connectivity index (χ0) is 18.7. The van der Waals surface area contributed by atoms with Crippen molar-refractivity contribution in [3.8, 4) is 0 Å². The first-order valence-corrected chi connectivity index (χ1v) is 9.54. The Kier molecular flexibility index (Phi) is 10.3. The molecular weight excluding hydrogens is 326 g/mol.